The molecule has 2 rings (SSSR count). The number of fused-ring (bicyclic) bond motifs is 1. The van der Waals surface area contributed by atoms with Gasteiger partial charge in [0, 0.05) is 12.6 Å². The van der Waals surface area contributed by atoms with Crippen LogP contribution in [0.5, 0.6) is 0 Å². The van der Waals surface area contributed by atoms with Gasteiger partial charge >= 0.3 is 0 Å². The summed E-state index contributed by atoms with van der Waals surface area (Å²) >= 11 is 0. The van der Waals surface area contributed by atoms with Gasteiger partial charge in [-0.15, -0.1) is 0 Å². The maximum Gasteiger partial charge on any atom is 0.264 e. The van der Waals surface area contributed by atoms with E-state index in [0.29, 0.717) is 11.6 Å². The summed E-state index contributed by atoms with van der Waals surface area (Å²) in [5.41, 5.74) is 1.58. The third-order valence-corrected chi connectivity index (χ3v) is 4.13. The van der Waals surface area contributed by atoms with Crippen molar-refractivity contribution < 1.29 is 4.79 Å². The number of hydrogen-bond donors (Lipinski definition) is 0. The van der Waals surface area contributed by atoms with Gasteiger partial charge in [0.1, 0.15) is 11.6 Å². The topological polar surface area (TPSA) is 44.1 Å². The molecule has 0 unspecified atom stereocenters. The van der Waals surface area contributed by atoms with Crippen molar-refractivity contribution in [2.45, 2.75) is 64.3 Å². The van der Waals surface area contributed by atoms with Crippen molar-refractivity contribution in [1.82, 2.24) is 4.90 Å². The lowest BCUT2D eigenvalue weighted by Crippen LogP contribution is -2.40. The van der Waals surface area contributed by atoms with Crippen LogP contribution in [0.3, 0.4) is 0 Å². The van der Waals surface area contributed by atoms with E-state index in [9.17, 15) is 10.1 Å². The fourth-order valence-electron chi connectivity index (χ4n) is 3.12. The Morgan fingerprint density at radius 2 is 2.22 bits per heavy atom. The molecule has 98 valence electrons. The van der Waals surface area contributed by atoms with Crippen LogP contribution in [0.1, 0.15) is 58.3 Å². The molecule has 2 aliphatic heterocycles. The summed E-state index contributed by atoms with van der Waals surface area (Å²) in [4.78, 5) is 14.1. The zero-order valence-electron chi connectivity index (χ0n) is 11.2. The summed E-state index contributed by atoms with van der Waals surface area (Å²) in [6, 6.07) is 2.53. The maximum absolute atomic E-state index is 12.2. The Labute approximate surface area is 109 Å². The van der Waals surface area contributed by atoms with Crippen LogP contribution in [-0.4, -0.2) is 23.4 Å². The number of rotatable bonds is 5. The highest BCUT2D eigenvalue weighted by Gasteiger charge is 2.36. The van der Waals surface area contributed by atoms with Crippen LogP contribution in [0.4, 0.5) is 0 Å². The quantitative estimate of drug-likeness (QED) is 0.699. The summed E-state index contributed by atoms with van der Waals surface area (Å²) in [7, 11) is 0. The minimum absolute atomic E-state index is 0.00302. The molecule has 3 heteroatoms. The van der Waals surface area contributed by atoms with Gasteiger partial charge < -0.3 is 4.90 Å². The van der Waals surface area contributed by atoms with E-state index in [2.05, 4.69) is 13.0 Å². The van der Waals surface area contributed by atoms with Crippen LogP contribution in [0.25, 0.3) is 0 Å². The third kappa shape index (κ3) is 2.58. The maximum atomic E-state index is 12.2. The molecule has 1 atom stereocenters. The van der Waals surface area contributed by atoms with E-state index in [1.165, 1.54) is 19.3 Å². The molecule has 0 bridgehead atoms. The van der Waals surface area contributed by atoms with Crippen molar-refractivity contribution in [3.63, 3.8) is 0 Å². The summed E-state index contributed by atoms with van der Waals surface area (Å²) in [6.07, 6.45) is 8.90. The lowest BCUT2D eigenvalue weighted by Gasteiger charge is -2.31. The molecule has 0 N–H and O–H groups in total. The second-order valence-corrected chi connectivity index (χ2v) is 5.40. The van der Waals surface area contributed by atoms with Crippen molar-refractivity contribution in [3.8, 4) is 6.07 Å². The van der Waals surface area contributed by atoms with E-state index in [1.807, 2.05) is 4.90 Å². The predicted molar refractivity (Wildman–Crippen MR) is 70.8 cm³/mol. The van der Waals surface area contributed by atoms with Crippen LogP contribution >= 0.6 is 0 Å². The Morgan fingerprint density at radius 3 is 2.94 bits per heavy atom. The standard InChI is InChI=1S/C15H22N2O/c1-2-3-4-5-7-12-10-13-8-6-9-17(13)15(18)14(12)11-16/h13H,2-10H2,1H3/t13-/m1/s1. The second kappa shape index (κ2) is 6.04. The van der Waals surface area contributed by atoms with E-state index in [-0.39, 0.29) is 5.91 Å². The molecule has 1 saturated heterocycles. The third-order valence-electron chi connectivity index (χ3n) is 4.13. The Kier molecular flexibility index (Phi) is 4.41. The molecular formula is C15H22N2O. The molecule has 0 spiro atoms. The Bertz CT molecular complexity index is 392. The summed E-state index contributed by atoms with van der Waals surface area (Å²) in [5.74, 6) is -0.00302. The van der Waals surface area contributed by atoms with Crippen molar-refractivity contribution in [1.29, 1.82) is 5.26 Å². The lowest BCUT2D eigenvalue weighted by atomic mass is 9.90. The molecule has 0 aromatic rings. The van der Waals surface area contributed by atoms with Crippen LogP contribution in [-0.2, 0) is 4.79 Å². The summed E-state index contributed by atoms with van der Waals surface area (Å²) in [6.45, 7) is 3.04. The Morgan fingerprint density at radius 1 is 1.39 bits per heavy atom. The predicted octanol–water partition coefficient (Wildman–Crippen LogP) is 3.17. The van der Waals surface area contributed by atoms with Gasteiger partial charge in [0.25, 0.3) is 5.91 Å². The zero-order chi connectivity index (χ0) is 13.0. The number of unbranched alkanes of at least 4 members (excludes halogenated alkanes) is 3. The van der Waals surface area contributed by atoms with Crippen molar-refractivity contribution in [2.24, 2.45) is 0 Å². The normalized spacial score (nSPS) is 23.2. The van der Waals surface area contributed by atoms with Crippen molar-refractivity contribution in [3.05, 3.63) is 11.1 Å². The molecule has 2 aliphatic rings. The number of carbonyl (C=O) groups excluding carboxylic acids is 1. The first kappa shape index (κ1) is 13.1. The van der Waals surface area contributed by atoms with E-state index in [4.69, 9.17) is 0 Å². The number of nitriles is 1. The van der Waals surface area contributed by atoms with Gasteiger partial charge in [-0.25, -0.2) is 0 Å². The Hall–Kier alpha value is -1.30. The Balaban J connectivity index is 2.03. The lowest BCUT2D eigenvalue weighted by molar-refractivity contribution is -0.128. The fraction of sp³-hybridized carbons (Fsp3) is 0.733. The number of carbonyl (C=O) groups is 1. The minimum Gasteiger partial charge on any atom is -0.335 e. The van der Waals surface area contributed by atoms with Gasteiger partial charge in [-0.3, -0.25) is 4.79 Å². The minimum atomic E-state index is -0.00302. The summed E-state index contributed by atoms with van der Waals surface area (Å²) < 4.78 is 0. The number of amides is 1. The zero-order valence-corrected chi connectivity index (χ0v) is 11.2. The van der Waals surface area contributed by atoms with E-state index in [0.717, 1.165) is 44.2 Å². The van der Waals surface area contributed by atoms with Crippen LogP contribution < -0.4 is 0 Å². The van der Waals surface area contributed by atoms with Gasteiger partial charge in [-0.2, -0.15) is 5.26 Å². The monoisotopic (exact) mass is 246 g/mol. The van der Waals surface area contributed by atoms with Gasteiger partial charge in [-0.05, 0) is 37.7 Å². The molecule has 2 heterocycles. The number of nitrogens with zero attached hydrogens (tertiary/aromatic N) is 2. The molecule has 0 aromatic heterocycles. The van der Waals surface area contributed by atoms with Crippen LogP contribution in [0, 0.1) is 11.3 Å². The molecule has 0 aliphatic carbocycles. The first-order valence-corrected chi connectivity index (χ1v) is 7.21. The highest BCUT2D eigenvalue weighted by molar-refractivity contribution is 5.99. The van der Waals surface area contributed by atoms with Crippen molar-refractivity contribution in [2.75, 3.05) is 6.54 Å². The van der Waals surface area contributed by atoms with Crippen molar-refractivity contribution >= 4 is 5.91 Å². The highest BCUT2D eigenvalue weighted by atomic mass is 16.2. The highest BCUT2D eigenvalue weighted by Crippen LogP contribution is 2.33. The van der Waals surface area contributed by atoms with Crippen LogP contribution in [0.15, 0.2) is 11.1 Å². The number of hydrogen-bond acceptors (Lipinski definition) is 2. The molecule has 0 aromatic carbocycles. The van der Waals surface area contributed by atoms with E-state index >= 15 is 0 Å². The first-order valence-electron chi connectivity index (χ1n) is 7.21. The molecule has 3 nitrogen and oxygen atoms in total. The molecular weight excluding hydrogens is 224 g/mol. The largest absolute Gasteiger partial charge is 0.335 e. The van der Waals surface area contributed by atoms with E-state index in [1.54, 1.807) is 0 Å². The van der Waals surface area contributed by atoms with Crippen LogP contribution in [0.2, 0.25) is 0 Å². The van der Waals surface area contributed by atoms with Gasteiger partial charge in [-0.1, -0.05) is 26.2 Å². The first-order chi connectivity index (χ1) is 8.77. The van der Waals surface area contributed by atoms with Gasteiger partial charge in [0.15, 0.2) is 0 Å². The van der Waals surface area contributed by atoms with E-state index < -0.39 is 0 Å². The molecule has 0 saturated carbocycles. The molecule has 1 fully saturated rings. The SMILES string of the molecule is CCCCCCC1=C(C#N)C(=O)N2CCC[C@@H]2C1. The summed E-state index contributed by atoms with van der Waals surface area (Å²) in [5, 5.41) is 9.20. The van der Waals surface area contributed by atoms with Gasteiger partial charge in [0.05, 0.1) is 0 Å². The molecule has 18 heavy (non-hydrogen) atoms. The molecule has 0 radical (unpaired) electrons. The smallest absolute Gasteiger partial charge is 0.264 e. The average Bonchev–Trinajstić information content (AvgIpc) is 2.83. The fourth-order valence-corrected chi connectivity index (χ4v) is 3.12. The second-order valence-electron chi connectivity index (χ2n) is 5.40. The average molecular weight is 246 g/mol. The molecule has 1 amide bonds. The van der Waals surface area contributed by atoms with Gasteiger partial charge in [0.2, 0.25) is 0 Å².